The van der Waals surface area contributed by atoms with Gasteiger partial charge in [-0.05, 0) is 26.0 Å². The number of nitrogen functional groups attached to an aromatic ring is 1. The second-order valence-electron chi connectivity index (χ2n) is 4.07. The molecule has 0 bridgehead atoms. The molecule has 0 spiro atoms. The summed E-state index contributed by atoms with van der Waals surface area (Å²) in [4.78, 5) is 7.90. The fourth-order valence-corrected chi connectivity index (χ4v) is 2.66. The third kappa shape index (κ3) is 2.95. The number of nitrogens with zero attached hydrogens (tertiary/aromatic N) is 2. The Morgan fingerprint density at radius 2 is 2.15 bits per heavy atom. The van der Waals surface area contributed by atoms with Crippen molar-refractivity contribution < 1.29 is 12.8 Å². The Balaban J connectivity index is 2.19. The molecule has 4 N–H and O–H groups in total. The first-order chi connectivity index (χ1) is 9.44. The number of hydrazine groups is 1. The van der Waals surface area contributed by atoms with E-state index in [4.69, 9.17) is 10.3 Å². The number of hydrogen-bond donors (Lipinski definition) is 3. The Morgan fingerprint density at radius 3 is 2.75 bits per heavy atom. The van der Waals surface area contributed by atoms with Gasteiger partial charge in [0.2, 0.25) is 15.9 Å². The number of nitrogens with one attached hydrogen (secondary N) is 2. The van der Waals surface area contributed by atoms with Crippen LogP contribution in [0.1, 0.15) is 17.3 Å². The van der Waals surface area contributed by atoms with Crippen LogP contribution in [0.2, 0.25) is 0 Å². The van der Waals surface area contributed by atoms with Gasteiger partial charge in [0.1, 0.15) is 10.7 Å². The standard InChI is InChI=1S/C11H15N5O3S/c1-7-8(2)19-10(15-7)6-14-20(17,18)9-4-3-5-13-11(9)16-12/h3-5,14H,6,12H2,1-2H3,(H,13,16). The summed E-state index contributed by atoms with van der Waals surface area (Å²) >= 11 is 0. The first-order valence-corrected chi connectivity index (χ1v) is 7.26. The Hall–Kier alpha value is -1.97. The van der Waals surface area contributed by atoms with Gasteiger partial charge in [-0.15, -0.1) is 0 Å². The maximum atomic E-state index is 12.2. The topological polar surface area (TPSA) is 123 Å². The molecule has 2 aromatic heterocycles. The minimum atomic E-state index is -3.76. The summed E-state index contributed by atoms with van der Waals surface area (Å²) in [6.45, 7) is 3.50. The van der Waals surface area contributed by atoms with Gasteiger partial charge in [-0.1, -0.05) is 0 Å². The first-order valence-electron chi connectivity index (χ1n) is 5.78. The maximum Gasteiger partial charge on any atom is 0.244 e. The van der Waals surface area contributed by atoms with E-state index >= 15 is 0 Å². The molecule has 0 atom stereocenters. The van der Waals surface area contributed by atoms with Gasteiger partial charge < -0.3 is 9.84 Å². The molecule has 8 nitrogen and oxygen atoms in total. The molecule has 2 heterocycles. The molecule has 20 heavy (non-hydrogen) atoms. The lowest BCUT2D eigenvalue weighted by molar-refractivity contribution is 0.463. The summed E-state index contributed by atoms with van der Waals surface area (Å²) in [5.41, 5.74) is 2.97. The van der Waals surface area contributed by atoms with Gasteiger partial charge >= 0.3 is 0 Å². The van der Waals surface area contributed by atoms with Crippen LogP contribution in [0.15, 0.2) is 27.6 Å². The number of oxazole rings is 1. The van der Waals surface area contributed by atoms with E-state index < -0.39 is 10.0 Å². The Morgan fingerprint density at radius 1 is 1.40 bits per heavy atom. The SMILES string of the molecule is Cc1nc(CNS(=O)(=O)c2cccnc2NN)oc1C. The molecular weight excluding hydrogens is 282 g/mol. The van der Waals surface area contributed by atoms with Gasteiger partial charge in [-0.2, -0.15) is 0 Å². The first kappa shape index (κ1) is 14.4. The molecule has 0 aliphatic carbocycles. The van der Waals surface area contributed by atoms with E-state index in [1.54, 1.807) is 13.8 Å². The van der Waals surface area contributed by atoms with Crippen LogP contribution in [-0.4, -0.2) is 18.4 Å². The molecule has 0 aliphatic heterocycles. The Kier molecular flexibility index (Phi) is 4.02. The number of anilines is 1. The molecule has 108 valence electrons. The van der Waals surface area contributed by atoms with Crippen LogP contribution in [0.4, 0.5) is 5.82 Å². The third-order valence-corrected chi connectivity index (χ3v) is 4.12. The number of rotatable bonds is 5. The van der Waals surface area contributed by atoms with Crippen LogP contribution >= 0.6 is 0 Å². The van der Waals surface area contributed by atoms with Gasteiger partial charge in [0.25, 0.3) is 0 Å². The molecule has 0 saturated heterocycles. The summed E-state index contributed by atoms with van der Waals surface area (Å²) < 4.78 is 32.0. The molecule has 2 aromatic rings. The van der Waals surface area contributed by atoms with Crippen molar-refractivity contribution >= 4 is 15.8 Å². The molecular formula is C11H15N5O3S. The number of aromatic nitrogens is 2. The van der Waals surface area contributed by atoms with Gasteiger partial charge in [0, 0.05) is 6.20 Å². The summed E-state index contributed by atoms with van der Waals surface area (Å²) in [5, 5.41) is 0. The highest BCUT2D eigenvalue weighted by atomic mass is 32.2. The number of aryl methyl sites for hydroxylation is 2. The summed E-state index contributed by atoms with van der Waals surface area (Å²) in [6, 6.07) is 2.91. The fourth-order valence-electron chi connectivity index (χ4n) is 1.57. The molecule has 0 amide bonds. The predicted molar refractivity (Wildman–Crippen MR) is 72.0 cm³/mol. The summed E-state index contributed by atoms with van der Waals surface area (Å²) in [7, 11) is -3.76. The number of nitrogens with two attached hydrogens (primary N) is 1. The predicted octanol–water partition coefficient (Wildman–Crippen LogP) is 0.451. The van der Waals surface area contributed by atoms with Crippen molar-refractivity contribution in [3.63, 3.8) is 0 Å². The molecule has 0 unspecified atom stereocenters. The van der Waals surface area contributed by atoms with Crippen molar-refractivity contribution in [3.8, 4) is 0 Å². The Bertz CT molecular complexity index is 691. The smallest absolute Gasteiger partial charge is 0.244 e. The Labute approximate surface area is 116 Å². The van der Waals surface area contributed by atoms with Crippen LogP contribution in [0.25, 0.3) is 0 Å². The zero-order chi connectivity index (χ0) is 14.8. The van der Waals surface area contributed by atoms with Crippen molar-refractivity contribution in [3.05, 3.63) is 35.7 Å². The molecule has 0 aliphatic rings. The van der Waals surface area contributed by atoms with Gasteiger partial charge in [0.15, 0.2) is 5.82 Å². The molecule has 0 saturated carbocycles. The van der Waals surface area contributed by atoms with Crippen LogP contribution in [0.3, 0.4) is 0 Å². The molecule has 9 heteroatoms. The minimum Gasteiger partial charge on any atom is -0.444 e. The van der Waals surface area contributed by atoms with E-state index in [-0.39, 0.29) is 17.3 Å². The molecule has 0 aromatic carbocycles. The van der Waals surface area contributed by atoms with Crippen molar-refractivity contribution in [2.45, 2.75) is 25.3 Å². The quantitative estimate of drug-likeness (QED) is 0.540. The number of sulfonamides is 1. The molecule has 2 rings (SSSR count). The zero-order valence-electron chi connectivity index (χ0n) is 11.0. The highest BCUT2D eigenvalue weighted by molar-refractivity contribution is 7.89. The second-order valence-corrected chi connectivity index (χ2v) is 5.80. The largest absolute Gasteiger partial charge is 0.444 e. The van der Waals surface area contributed by atoms with E-state index in [0.717, 1.165) is 5.69 Å². The average Bonchev–Trinajstić information content (AvgIpc) is 2.76. The maximum absolute atomic E-state index is 12.2. The summed E-state index contributed by atoms with van der Waals surface area (Å²) in [5.74, 6) is 6.27. The van der Waals surface area contributed by atoms with E-state index in [1.165, 1.54) is 18.3 Å². The third-order valence-electron chi connectivity index (χ3n) is 2.68. The average molecular weight is 297 g/mol. The number of hydrogen-bond acceptors (Lipinski definition) is 7. The van der Waals surface area contributed by atoms with E-state index in [9.17, 15) is 8.42 Å². The zero-order valence-corrected chi connectivity index (χ0v) is 11.9. The number of pyridine rings is 1. The van der Waals surface area contributed by atoms with E-state index in [2.05, 4.69) is 20.1 Å². The fraction of sp³-hybridized carbons (Fsp3) is 0.273. The summed E-state index contributed by atoms with van der Waals surface area (Å²) in [6.07, 6.45) is 1.44. The van der Waals surface area contributed by atoms with Crippen LogP contribution < -0.4 is 16.0 Å². The lowest BCUT2D eigenvalue weighted by Gasteiger charge is -2.08. The molecule has 0 radical (unpaired) electrons. The van der Waals surface area contributed by atoms with Gasteiger partial charge in [0.05, 0.1) is 12.2 Å². The van der Waals surface area contributed by atoms with Crippen molar-refractivity contribution in [1.29, 1.82) is 0 Å². The molecule has 0 fully saturated rings. The van der Waals surface area contributed by atoms with E-state index in [1.807, 2.05) is 0 Å². The van der Waals surface area contributed by atoms with Crippen molar-refractivity contribution in [2.24, 2.45) is 5.84 Å². The van der Waals surface area contributed by atoms with Crippen LogP contribution in [-0.2, 0) is 16.6 Å². The van der Waals surface area contributed by atoms with Crippen LogP contribution in [0, 0.1) is 13.8 Å². The van der Waals surface area contributed by atoms with Crippen LogP contribution in [0.5, 0.6) is 0 Å². The highest BCUT2D eigenvalue weighted by Gasteiger charge is 2.19. The van der Waals surface area contributed by atoms with Crippen molar-refractivity contribution in [1.82, 2.24) is 14.7 Å². The normalized spacial score (nSPS) is 11.6. The monoisotopic (exact) mass is 297 g/mol. The lowest BCUT2D eigenvalue weighted by Crippen LogP contribution is -2.25. The lowest BCUT2D eigenvalue weighted by atomic mass is 10.4. The highest BCUT2D eigenvalue weighted by Crippen LogP contribution is 2.17. The second kappa shape index (κ2) is 5.57. The van der Waals surface area contributed by atoms with Gasteiger partial charge in [-0.25, -0.2) is 29.0 Å². The van der Waals surface area contributed by atoms with Crippen molar-refractivity contribution in [2.75, 3.05) is 5.43 Å². The minimum absolute atomic E-state index is 0.0394. The van der Waals surface area contributed by atoms with E-state index in [0.29, 0.717) is 11.7 Å². The van der Waals surface area contributed by atoms with Gasteiger partial charge in [-0.3, -0.25) is 0 Å².